The quantitative estimate of drug-likeness (QED) is 0.204. The van der Waals surface area contributed by atoms with Crippen molar-refractivity contribution in [3.8, 4) is 5.75 Å². The third-order valence-electron chi connectivity index (χ3n) is 4.37. The molecule has 0 aliphatic rings. The Labute approximate surface area is 203 Å². The molecule has 0 aromatic heterocycles. The van der Waals surface area contributed by atoms with Crippen LogP contribution < -0.4 is 15.5 Å². The van der Waals surface area contributed by atoms with Crippen LogP contribution >= 0.6 is 27.5 Å². The SMILES string of the molecule is Cc1ccc(C(=O)NCC(=O)N/N=C/c2cc(Br)ccc2OC(=O)c2ccc(Cl)cc2)cc1. The first-order valence-electron chi connectivity index (χ1n) is 9.76. The highest BCUT2D eigenvalue weighted by atomic mass is 79.9. The van der Waals surface area contributed by atoms with Crippen LogP contribution in [0, 0.1) is 6.92 Å². The zero-order chi connectivity index (χ0) is 23.8. The van der Waals surface area contributed by atoms with Crippen molar-refractivity contribution < 1.29 is 19.1 Å². The molecule has 0 saturated carbocycles. The average Bonchev–Trinajstić information content (AvgIpc) is 2.80. The fourth-order valence-corrected chi connectivity index (χ4v) is 3.14. The van der Waals surface area contributed by atoms with Crippen LogP contribution in [0.4, 0.5) is 0 Å². The molecule has 2 N–H and O–H groups in total. The topological polar surface area (TPSA) is 96.9 Å². The van der Waals surface area contributed by atoms with Crippen molar-refractivity contribution in [2.24, 2.45) is 5.10 Å². The van der Waals surface area contributed by atoms with Gasteiger partial charge in [-0.25, -0.2) is 10.2 Å². The molecule has 3 rings (SSSR count). The maximum Gasteiger partial charge on any atom is 0.343 e. The van der Waals surface area contributed by atoms with Crippen molar-refractivity contribution in [1.29, 1.82) is 0 Å². The first-order chi connectivity index (χ1) is 15.8. The Morgan fingerprint density at radius 2 is 1.67 bits per heavy atom. The van der Waals surface area contributed by atoms with Gasteiger partial charge >= 0.3 is 5.97 Å². The minimum atomic E-state index is -0.563. The van der Waals surface area contributed by atoms with Crippen LogP contribution in [0.5, 0.6) is 5.75 Å². The fraction of sp³-hybridized carbons (Fsp3) is 0.0833. The summed E-state index contributed by atoms with van der Waals surface area (Å²) in [4.78, 5) is 36.5. The van der Waals surface area contributed by atoms with E-state index in [1.807, 2.05) is 19.1 Å². The van der Waals surface area contributed by atoms with Gasteiger partial charge in [0.1, 0.15) is 5.75 Å². The van der Waals surface area contributed by atoms with Gasteiger partial charge in [-0.1, -0.05) is 45.2 Å². The Balaban J connectivity index is 1.58. The number of carbonyl (C=O) groups is 3. The summed E-state index contributed by atoms with van der Waals surface area (Å²) in [6, 6.07) is 18.3. The minimum absolute atomic E-state index is 0.249. The van der Waals surface area contributed by atoms with Gasteiger partial charge in [-0.2, -0.15) is 5.10 Å². The van der Waals surface area contributed by atoms with E-state index in [9.17, 15) is 14.4 Å². The van der Waals surface area contributed by atoms with Gasteiger partial charge in [0.15, 0.2) is 0 Å². The Hall–Kier alpha value is -3.49. The number of esters is 1. The van der Waals surface area contributed by atoms with E-state index in [0.29, 0.717) is 21.7 Å². The molecular weight excluding hydrogens is 510 g/mol. The van der Waals surface area contributed by atoms with Crippen LogP contribution in [0.25, 0.3) is 0 Å². The van der Waals surface area contributed by atoms with Crippen LogP contribution in [0.3, 0.4) is 0 Å². The summed E-state index contributed by atoms with van der Waals surface area (Å²) in [7, 11) is 0. The molecule has 2 amide bonds. The van der Waals surface area contributed by atoms with Crippen molar-refractivity contribution in [3.63, 3.8) is 0 Å². The molecule has 0 unspecified atom stereocenters. The molecule has 0 bridgehead atoms. The molecule has 3 aromatic rings. The fourth-order valence-electron chi connectivity index (χ4n) is 2.64. The summed E-state index contributed by atoms with van der Waals surface area (Å²) in [5, 5.41) is 6.92. The van der Waals surface area contributed by atoms with E-state index in [1.165, 1.54) is 6.21 Å². The standard InChI is InChI=1S/C24H19BrClN3O4/c1-15-2-4-16(5-3-15)23(31)27-14-22(30)29-28-13-18-12-19(25)8-11-21(18)33-24(32)17-6-9-20(26)10-7-17/h2-13H,14H2,1H3,(H,27,31)(H,29,30)/b28-13+. The Bertz CT molecular complexity index is 1200. The number of amides is 2. The van der Waals surface area contributed by atoms with E-state index < -0.39 is 11.9 Å². The number of benzene rings is 3. The smallest absolute Gasteiger partial charge is 0.343 e. The molecule has 0 aliphatic carbocycles. The number of aryl methyl sites for hydroxylation is 1. The monoisotopic (exact) mass is 527 g/mol. The second-order valence-corrected chi connectivity index (χ2v) is 8.27. The largest absolute Gasteiger partial charge is 0.422 e. The number of nitrogens with one attached hydrogen (secondary N) is 2. The number of hydrogen-bond acceptors (Lipinski definition) is 5. The molecule has 0 fully saturated rings. The predicted octanol–water partition coefficient (Wildman–Crippen LogP) is 4.51. The van der Waals surface area contributed by atoms with Crippen molar-refractivity contribution in [3.05, 3.63) is 98.5 Å². The Morgan fingerprint density at radius 1 is 1.00 bits per heavy atom. The van der Waals surface area contributed by atoms with Gasteiger partial charge in [0.2, 0.25) is 0 Å². The van der Waals surface area contributed by atoms with Crippen molar-refractivity contribution in [2.45, 2.75) is 6.92 Å². The van der Waals surface area contributed by atoms with Crippen molar-refractivity contribution in [1.82, 2.24) is 10.7 Å². The van der Waals surface area contributed by atoms with Gasteiger partial charge in [0.25, 0.3) is 11.8 Å². The van der Waals surface area contributed by atoms with Crippen LogP contribution in [0.2, 0.25) is 5.02 Å². The van der Waals surface area contributed by atoms with E-state index >= 15 is 0 Å². The molecule has 0 heterocycles. The number of hydrazone groups is 1. The lowest BCUT2D eigenvalue weighted by Gasteiger charge is -2.08. The minimum Gasteiger partial charge on any atom is -0.422 e. The predicted molar refractivity (Wildman–Crippen MR) is 130 cm³/mol. The average molecular weight is 529 g/mol. The number of carbonyl (C=O) groups excluding carboxylic acids is 3. The zero-order valence-electron chi connectivity index (χ0n) is 17.5. The summed E-state index contributed by atoms with van der Waals surface area (Å²) in [6.45, 7) is 1.67. The zero-order valence-corrected chi connectivity index (χ0v) is 19.8. The lowest BCUT2D eigenvalue weighted by molar-refractivity contribution is -0.120. The molecule has 33 heavy (non-hydrogen) atoms. The van der Waals surface area contributed by atoms with Crippen LogP contribution in [0.15, 0.2) is 76.3 Å². The summed E-state index contributed by atoms with van der Waals surface area (Å²) in [5.41, 5.74) is 4.61. The first-order valence-corrected chi connectivity index (χ1v) is 10.9. The summed E-state index contributed by atoms with van der Waals surface area (Å²) in [5.74, 6) is -1.19. The maximum absolute atomic E-state index is 12.4. The van der Waals surface area contributed by atoms with Crippen molar-refractivity contribution in [2.75, 3.05) is 6.54 Å². The second-order valence-electron chi connectivity index (χ2n) is 6.92. The lowest BCUT2D eigenvalue weighted by Crippen LogP contribution is -2.34. The maximum atomic E-state index is 12.4. The highest BCUT2D eigenvalue weighted by molar-refractivity contribution is 9.10. The summed E-state index contributed by atoms with van der Waals surface area (Å²) >= 11 is 9.20. The normalized spacial score (nSPS) is 10.6. The summed E-state index contributed by atoms with van der Waals surface area (Å²) in [6.07, 6.45) is 1.34. The van der Waals surface area contributed by atoms with Gasteiger partial charge in [-0.05, 0) is 61.5 Å². The van der Waals surface area contributed by atoms with Crippen LogP contribution in [-0.2, 0) is 4.79 Å². The van der Waals surface area contributed by atoms with Gasteiger partial charge < -0.3 is 10.1 Å². The molecule has 0 aliphatic heterocycles. The molecule has 7 nitrogen and oxygen atoms in total. The van der Waals surface area contributed by atoms with E-state index in [1.54, 1.807) is 54.6 Å². The highest BCUT2D eigenvalue weighted by Gasteiger charge is 2.12. The van der Waals surface area contributed by atoms with Gasteiger partial charge in [-0.3, -0.25) is 9.59 Å². The van der Waals surface area contributed by atoms with Crippen molar-refractivity contribution >= 4 is 51.5 Å². The highest BCUT2D eigenvalue weighted by Crippen LogP contribution is 2.23. The molecule has 9 heteroatoms. The Kier molecular flexibility index (Phi) is 8.34. The molecule has 168 valence electrons. The molecule has 3 aromatic carbocycles. The number of nitrogens with zero attached hydrogens (tertiary/aromatic N) is 1. The second kappa shape index (κ2) is 11.4. The number of hydrogen-bond donors (Lipinski definition) is 2. The molecule has 0 atom stereocenters. The van der Waals surface area contributed by atoms with Gasteiger partial charge in [0.05, 0.1) is 18.3 Å². The van der Waals surface area contributed by atoms with Gasteiger partial charge in [0, 0.05) is 20.6 Å². The molecule has 0 radical (unpaired) electrons. The third-order valence-corrected chi connectivity index (χ3v) is 5.12. The van der Waals surface area contributed by atoms with Crippen LogP contribution in [-0.4, -0.2) is 30.5 Å². The number of rotatable bonds is 7. The van der Waals surface area contributed by atoms with Gasteiger partial charge in [-0.15, -0.1) is 0 Å². The molecule has 0 spiro atoms. The number of ether oxygens (including phenoxy) is 1. The molecular formula is C24H19BrClN3O4. The first kappa shape index (κ1) is 24.2. The van der Waals surface area contributed by atoms with E-state index in [2.05, 4.69) is 31.8 Å². The van der Waals surface area contributed by atoms with E-state index in [4.69, 9.17) is 16.3 Å². The lowest BCUT2D eigenvalue weighted by atomic mass is 10.1. The third kappa shape index (κ3) is 7.27. The number of halogens is 2. The molecule has 0 saturated heterocycles. The Morgan fingerprint density at radius 3 is 2.36 bits per heavy atom. The van der Waals surface area contributed by atoms with E-state index in [0.717, 1.165) is 10.0 Å². The van der Waals surface area contributed by atoms with Crippen LogP contribution in [0.1, 0.15) is 31.8 Å². The van der Waals surface area contributed by atoms with E-state index in [-0.39, 0.29) is 18.2 Å². The summed E-state index contributed by atoms with van der Waals surface area (Å²) < 4.78 is 6.19.